The van der Waals surface area contributed by atoms with Gasteiger partial charge in [0.05, 0.1) is 11.4 Å². The highest BCUT2D eigenvalue weighted by Crippen LogP contribution is 2.21. The van der Waals surface area contributed by atoms with Gasteiger partial charge in [-0.3, -0.25) is 9.59 Å². The van der Waals surface area contributed by atoms with Crippen molar-refractivity contribution in [2.24, 2.45) is 0 Å². The number of carbonyl (C=O) groups is 2. The van der Waals surface area contributed by atoms with Gasteiger partial charge in [0.25, 0.3) is 0 Å². The molecule has 0 spiro atoms. The number of hydrogen-bond acceptors (Lipinski definition) is 7. The molecule has 2 aromatic carbocycles. The van der Waals surface area contributed by atoms with E-state index in [4.69, 9.17) is 0 Å². The van der Waals surface area contributed by atoms with Crippen molar-refractivity contribution >= 4 is 35.0 Å². The number of anilines is 2. The summed E-state index contributed by atoms with van der Waals surface area (Å²) in [4.78, 5) is 28.4. The molecule has 2 heterocycles. The number of thioether (sulfide) groups is 1. The van der Waals surface area contributed by atoms with Crippen LogP contribution in [0, 0.1) is 0 Å². The number of nitrogens with one attached hydrogen (secondary N) is 1. The van der Waals surface area contributed by atoms with Gasteiger partial charge in [-0.1, -0.05) is 36.9 Å². The number of carbonyl (C=O) groups excluding carboxylic acids is 2. The Hall–Kier alpha value is -3.40. The minimum absolute atomic E-state index is 0.128. The first kappa shape index (κ1) is 21.8. The average molecular weight is 452 g/mol. The Balaban J connectivity index is 1.28. The first-order valence-corrected chi connectivity index (χ1v) is 11.5. The van der Waals surface area contributed by atoms with Crippen LogP contribution < -0.4 is 10.2 Å². The quantitative estimate of drug-likeness (QED) is 0.551. The minimum Gasteiger partial charge on any atom is -0.368 e. The fraction of sp³-hybridized carbons (Fsp3) is 0.318. The summed E-state index contributed by atoms with van der Waals surface area (Å²) in [6, 6.07) is 17.3. The van der Waals surface area contributed by atoms with Gasteiger partial charge in [0, 0.05) is 44.0 Å². The van der Waals surface area contributed by atoms with E-state index < -0.39 is 0 Å². The molecule has 9 nitrogen and oxygen atoms in total. The number of nitrogens with zero attached hydrogens (tertiary/aromatic N) is 6. The third kappa shape index (κ3) is 5.25. The summed E-state index contributed by atoms with van der Waals surface area (Å²) >= 11 is 1.28. The number of amides is 2. The highest BCUT2D eigenvalue weighted by molar-refractivity contribution is 7.99. The minimum atomic E-state index is -0.128. The standard InChI is InChI=1S/C22H25N7O2S/c1-2-21(31)28-14-12-27(13-15-28)18-10-8-17(9-11-18)23-20(30)16-32-22-24-25-26-29(22)19-6-4-3-5-7-19/h3-11H,2,12-16H2,1H3,(H,23,30). The van der Waals surface area contributed by atoms with Gasteiger partial charge in [-0.2, -0.15) is 4.68 Å². The second kappa shape index (κ2) is 10.3. The van der Waals surface area contributed by atoms with E-state index in [1.165, 1.54) is 11.8 Å². The van der Waals surface area contributed by atoms with Gasteiger partial charge in [-0.15, -0.1) is 5.10 Å². The van der Waals surface area contributed by atoms with Crippen molar-refractivity contribution in [2.75, 3.05) is 42.1 Å². The number of tetrazole rings is 1. The van der Waals surface area contributed by atoms with Gasteiger partial charge < -0.3 is 15.1 Å². The first-order chi connectivity index (χ1) is 15.6. The Kier molecular flexibility index (Phi) is 7.00. The SMILES string of the molecule is CCC(=O)N1CCN(c2ccc(NC(=O)CSc3nnnn3-c3ccccc3)cc2)CC1. The maximum absolute atomic E-state index is 12.4. The topological polar surface area (TPSA) is 96.2 Å². The molecule has 3 aromatic rings. The highest BCUT2D eigenvalue weighted by Gasteiger charge is 2.20. The first-order valence-electron chi connectivity index (χ1n) is 10.5. The zero-order chi connectivity index (χ0) is 22.3. The zero-order valence-corrected chi connectivity index (χ0v) is 18.7. The molecule has 0 atom stereocenters. The molecule has 32 heavy (non-hydrogen) atoms. The number of rotatable bonds is 7. The van der Waals surface area contributed by atoms with Crippen molar-refractivity contribution in [2.45, 2.75) is 18.5 Å². The number of benzene rings is 2. The van der Waals surface area contributed by atoms with E-state index in [-0.39, 0.29) is 17.6 Å². The number of hydrogen-bond donors (Lipinski definition) is 1. The Morgan fingerprint density at radius 1 is 0.969 bits per heavy atom. The normalized spacial score (nSPS) is 13.8. The van der Waals surface area contributed by atoms with Gasteiger partial charge >= 0.3 is 0 Å². The van der Waals surface area contributed by atoms with E-state index in [9.17, 15) is 9.59 Å². The molecule has 1 fully saturated rings. The molecular weight excluding hydrogens is 426 g/mol. The monoisotopic (exact) mass is 451 g/mol. The summed E-state index contributed by atoms with van der Waals surface area (Å²) in [5.41, 5.74) is 2.67. The predicted octanol–water partition coefficient (Wildman–Crippen LogP) is 2.45. The van der Waals surface area contributed by atoms with Gasteiger partial charge in [0.2, 0.25) is 17.0 Å². The summed E-state index contributed by atoms with van der Waals surface area (Å²) in [5.74, 6) is 0.276. The second-order valence-corrected chi connectivity index (χ2v) is 8.26. The van der Waals surface area contributed by atoms with Gasteiger partial charge in [0.15, 0.2) is 0 Å². The molecule has 0 aliphatic carbocycles. The van der Waals surface area contributed by atoms with Crippen molar-refractivity contribution in [1.82, 2.24) is 25.1 Å². The molecular formula is C22H25N7O2S. The van der Waals surface area contributed by atoms with Gasteiger partial charge in [-0.25, -0.2) is 0 Å². The Morgan fingerprint density at radius 3 is 2.38 bits per heavy atom. The lowest BCUT2D eigenvalue weighted by Gasteiger charge is -2.36. The Bertz CT molecular complexity index is 1050. The summed E-state index contributed by atoms with van der Waals surface area (Å²) < 4.78 is 1.61. The molecule has 166 valence electrons. The largest absolute Gasteiger partial charge is 0.368 e. The summed E-state index contributed by atoms with van der Waals surface area (Å²) in [7, 11) is 0. The summed E-state index contributed by atoms with van der Waals surface area (Å²) in [5, 5.41) is 15.2. The van der Waals surface area contributed by atoms with Crippen LogP contribution in [0.5, 0.6) is 0 Å². The van der Waals surface area contributed by atoms with Crippen LogP contribution in [0.3, 0.4) is 0 Å². The van der Waals surface area contributed by atoms with Gasteiger partial charge in [0.1, 0.15) is 0 Å². The second-order valence-electron chi connectivity index (χ2n) is 7.31. The molecule has 1 aliphatic rings. The molecule has 1 saturated heterocycles. The van der Waals surface area contributed by atoms with Crippen LogP contribution in [0.1, 0.15) is 13.3 Å². The van der Waals surface area contributed by atoms with Crippen LogP contribution in [-0.4, -0.2) is 68.9 Å². The molecule has 2 amide bonds. The van der Waals surface area contributed by atoms with Crippen molar-refractivity contribution in [3.8, 4) is 5.69 Å². The van der Waals surface area contributed by atoms with Crippen LogP contribution in [-0.2, 0) is 9.59 Å². The smallest absolute Gasteiger partial charge is 0.234 e. The zero-order valence-electron chi connectivity index (χ0n) is 17.8. The lowest BCUT2D eigenvalue weighted by Crippen LogP contribution is -2.48. The lowest BCUT2D eigenvalue weighted by molar-refractivity contribution is -0.131. The van der Waals surface area contributed by atoms with E-state index in [0.29, 0.717) is 11.6 Å². The maximum atomic E-state index is 12.4. The van der Waals surface area contributed by atoms with Crippen LogP contribution in [0.25, 0.3) is 5.69 Å². The molecule has 1 N–H and O–H groups in total. The molecule has 1 aliphatic heterocycles. The lowest BCUT2D eigenvalue weighted by atomic mass is 10.2. The molecule has 1 aromatic heterocycles. The highest BCUT2D eigenvalue weighted by atomic mass is 32.2. The van der Waals surface area contributed by atoms with Crippen LogP contribution >= 0.6 is 11.8 Å². The molecule has 4 rings (SSSR count). The van der Waals surface area contributed by atoms with E-state index in [2.05, 4.69) is 25.7 Å². The van der Waals surface area contributed by atoms with Crippen molar-refractivity contribution < 1.29 is 9.59 Å². The van der Waals surface area contributed by atoms with E-state index in [1.54, 1.807) is 4.68 Å². The summed E-state index contributed by atoms with van der Waals surface area (Å²) in [6.07, 6.45) is 0.549. The Morgan fingerprint density at radius 2 is 1.69 bits per heavy atom. The number of piperazine rings is 1. The third-order valence-corrected chi connectivity index (χ3v) is 6.14. The fourth-order valence-electron chi connectivity index (χ4n) is 3.52. The molecule has 0 radical (unpaired) electrons. The summed E-state index contributed by atoms with van der Waals surface area (Å²) in [6.45, 7) is 5.00. The Labute approximate surface area is 190 Å². The molecule has 0 saturated carbocycles. The van der Waals surface area contributed by atoms with E-state index in [1.807, 2.05) is 66.4 Å². The third-order valence-electron chi connectivity index (χ3n) is 5.23. The van der Waals surface area contributed by atoms with Gasteiger partial charge in [-0.05, 0) is 46.8 Å². The molecule has 0 bridgehead atoms. The van der Waals surface area contributed by atoms with Crippen molar-refractivity contribution in [1.29, 1.82) is 0 Å². The van der Waals surface area contributed by atoms with Crippen molar-refractivity contribution in [3.63, 3.8) is 0 Å². The average Bonchev–Trinajstić information content (AvgIpc) is 3.32. The van der Waals surface area contributed by atoms with Crippen LogP contribution in [0.2, 0.25) is 0 Å². The molecule has 0 unspecified atom stereocenters. The van der Waals surface area contributed by atoms with Crippen LogP contribution in [0.4, 0.5) is 11.4 Å². The molecule has 10 heteroatoms. The van der Waals surface area contributed by atoms with Crippen molar-refractivity contribution in [3.05, 3.63) is 54.6 Å². The number of para-hydroxylation sites is 1. The van der Waals surface area contributed by atoms with E-state index in [0.717, 1.165) is 43.2 Å². The maximum Gasteiger partial charge on any atom is 0.234 e. The van der Waals surface area contributed by atoms with E-state index >= 15 is 0 Å². The number of aromatic nitrogens is 4. The fourth-order valence-corrected chi connectivity index (χ4v) is 4.21. The predicted molar refractivity (Wildman–Crippen MR) is 124 cm³/mol. The van der Waals surface area contributed by atoms with Crippen LogP contribution in [0.15, 0.2) is 59.8 Å².